The van der Waals surface area contributed by atoms with Gasteiger partial charge in [0.25, 0.3) is 0 Å². The minimum Gasteiger partial charge on any atom is -0.376 e. The van der Waals surface area contributed by atoms with Crippen LogP contribution in [0.3, 0.4) is 0 Å². The lowest BCUT2D eigenvalue weighted by molar-refractivity contribution is -0.128. The summed E-state index contributed by atoms with van der Waals surface area (Å²) in [5, 5.41) is 6.32. The Morgan fingerprint density at radius 1 is 1.17 bits per heavy atom. The maximum atomic E-state index is 12.2. The summed E-state index contributed by atoms with van der Waals surface area (Å²) in [6.45, 7) is 2.44. The average Bonchev–Trinajstić information content (AvgIpc) is 2.56. The normalized spacial score (nSPS) is 20.3. The maximum Gasteiger partial charge on any atom is 0.239 e. The van der Waals surface area contributed by atoms with Crippen LogP contribution in [0.5, 0.6) is 0 Å². The van der Waals surface area contributed by atoms with Crippen molar-refractivity contribution in [1.82, 2.24) is 10.2 Å². The Morgan fingerprint density at radius 2 is 1.88 bits per heavy atom. The monoisotopic (exact) mass is 331 g/mol. The van der Waals surface area contributed by atoms with Crippen molar-refractivity contribution in [1.29, 1.82) is 0 Å². The number of rotatable bonds is 6. The highest BCUT2D eigenvalue weighted by atomic mass is 16.2. The molecule has 1 aliphatic rings. The van der Waals surface area contributed by atoms with Crippen LogP contribution < -0.4 is 10.6 Å². The van der Waals surface area contributed by atoms with E-state index in [1.165, 1.54) is 19.3 Å². The maximum absolute atomic E-state index is 12.2. The molecule has 2 N–H and O–H groups in total. The fourth-order valence-electron chi connectivity index (χ4n) is 3.13. The molecule has 1 aromatic rings. The molecule has 2 rings (SSSR count). The zero-order chi connectivity index (χ0) is 17.5. The summed E-state index contributed by atoms with van der Waals surface area (Å²) in [7, 11) is 3.49. The number of carbonyl (C=O) groups excluding carboxylic acids is 2. The van der Waals surface area contributed by atoms with E-state index in [0.29, 0.717) is 18.4 Å². The van der Waals surface area contributed by atoms with Crippen LogP contribution >= 0.6 is 0 Å². The van der Waals surface area contributed by atoms with Gasteiger partial charge in [0, 0.05) is 25.8 Å². The number of benzene rings is 1. The largest absolute Gasteiger partial charge is 0.376 e. The fraction of sp³-hybridized carbons (Fsp3) is 0.579. The molecule has 0 radical (unpaired) electrons. The Morgan fingerprint density at radius 3 is 2.58 bits per heavy atom. The molecule has 0 spiro atoms. The van der Waals surface area contributed by atoms with Crippen LogP contribution in [0.25, 0.3) is 0 Å². The van der Waals surface area contributed by atoms with E-state index in [-0.39, 0.29) is 18.4 Å². The van der Waals surface area contributed by atoms with E-state index in [0.717, 1.165) is 17.7 Å². The van der Waals surface area contributed by atoms with Gasteiger partial charge in [-0.1, -0.05) is 38.0 Å². The van der Waals surface area contributed by atoms with Gasteiger partial charge in [0.15, 0.2) is 0 Å². The molecule has 0 unspecified atom stereocenters. The summed E-state index contributed by atoms with van der Waals surface area (Å²) >= 11 is 0. The van der Waals surface area contributed by atoms with Crippen LogP contribution in [0.4, 0.5) is 5.69 Å². The van der Waals surface area contributed by atoms with Crippen molar-refractivity contribution < 1.29 is 9.59 Å². The topological polar surface area (TPSA) is 61.4 Å². The van der Waals surface area contributed by atoms with E-state index < -0.39 is 0 Å². The van der Waals surface area contributed by atoms with Gasteiger partial charge in [-0.3, -0.25) is 9.59 Å². The molecule has 0 heterocycles. The lowest BCUT2D eigenvalue weighted by Crippen LogP contribution is -2.43. The molecular formula is C19H29N3O2. The van der Waals surface area contributed by atoms with Gasteiger partial charge in [-0.05, 0) is 30.4 Å². The van der Waals surface area contributed by atoms with Gasteiger partial charge < -0.3 is 15.5 Å². The molecule has 0 aliphatic heterocycles. The molecule has 0 saturated heterocycles. The van der Waals surface area contributed by atoms with Crippen molar-refractivity contribution in [2.24, 2.45) is 5.92 Å². The summed E-state index contributed by atoms with van der Waals surface area (Å²) < 4.78 is 0. The highest BCUT2D eigenvalue weighted by molar-refractivity contribution is 5.83. The summed E-state index contributed by atoms with van der Waals surface area (Å²) in [6.07, 6.45) is 5.05. The summed E-state index contributed by atoms with van der Waals surface area (Å²) in [5.41, 5.74) is 1.76. The molecule has 2 amide bonds. The molecule has 5 heteroatoms. The standard InChI is InChI=1S/C19H29N3O2/c1-14-8-4-6-10-16(14)21-18(23)13-20-17-11-7-5-9-15(17)12-19(24)22(2)3/h5,7,9,11,14,16,20H,4,6,8,10,12-13H2,1-3H3,(H,21,23)/t14-,16+/m1/s1. The highest BCUT2D eigenvalue weighted by Crippen LogP contribution is 2.23. The molecule has 0 aromatic heterocycles. The molecule has 1 aliphatic carbocycles. The second kappa shape index (κ2) is 8.71. The summed E-state index contributed by atoms with van der Waals surface area (Å²) in [4.78, 5) is 25.7. The van der Waals surface area contributed by atoms with E-state index in [4.69, 9.17) is 0 Å². The average molecular weight is 331 g/mol. The van der Waals surface area contributed by atoms with E-state index in [1.807, 2.05) is 24.3 Å². The Hall–Kier alpha value is -2.04. The molecule has 2 atom stereocenters. The fourth-order valence-corrected chi connectivity index (χ4v) is 3.13. The van der Waals surface area contributed by atoms with Crippen molar-refractivity contribution in [3.8, 4) is 0 Å². The van der Waals surface area contributed by atoms with Crippen molar-refractivity contribution >= 4 is 17.5 Å². The van der Waals surface area contributed by atoms with Gasteiger partial charge in [-0.25, -0.2) is 0 Å². The number of carbonyl (C=O) groups is 2. The first-order valence-corrected chi connectivity index (χ1v) is 8.78. The molecular weight excluding hydrogens is 302 g/mol. The highest BCUT2D eigenvalue weighted by Gasteiger charge is 2.22. The number of para-hydroxylation sites is 1. The zero-order valence-corrected chi connectivity index (χ0v) is 15.0. The van der Waals surface area contributed by atoms with Gasteiger partial charge in [0.1, 0.15) is 0 Å². The van der Waals surface area contributed by atoms with E-state index in [2.05, 4.69) is 17.6 Å². The van der Waals surface area contributed by atoms with E-state index >= 15 is 0 Å². The van der Waals surface area contributed by atoms with Crippen LogP contribution in [0, 0.1) is 5.92 Å². The van der Waals surface area contributed by atoms with Gasteiger partial charge in [-0.2, -0.15) is 0 Å². The van der Waals surface area contributed by atoms with Gasteiger partial charge >= 0.3 is 0 Å². The second-order valence-corrected chi connectivity index (χ2v) is 6.91. The molecule has 132 valence electrons. The molecule has 5 nitrogen and oxygen atoms in total. The first-order chi connectivity index (χ1) is 11.5. The first-order valence-electron chi connectivity index (χ1n) is 8.78. The summed E-state index contributed by atoms with van der Waals surface area (Å²) in [6, 6.07) is 7.94. The van der Waals surface area contributed by atoms with E-state index in [1.54, 1.807) is 19.0 Å². The predicted octanol–water partition coefficient (Wildman–Crippen LogP) is 2.42. The minimum atomic E-state index is 0.0162. The van der Waals surface area contributed by atoms with Crippen LogP contribution in [0.2, 0.25) is 0 Å². The Balaban J connectivity index is 1.89. The Labute approximate surface area is 144 Å². The van der Waals surface area contributed by atoms with Crippen molar-refractivity contribution in [2.45, 2.75) is 45.1 Å². The molecule has 1 fully saturated rings. The third kappa shape index (κ3) is 5.25. The van der Waals surface area contributed by atoms with E-state index in [9.17, 15) is 9.59 Å². The van der Waals surface area contributed by atoms with Gasteiger partial charge in [0.05, 0.1) is 13.0 Å². The number of hydrogen-bond donors (Lipinski definition) is 2. The van der Waals surface area contributed by atoms with Crippen LogP contribution in [0.15, 0.2) is 24.3 Å². The van der Waals surface area contributed by atoms with Crippen LogP contribution in [0.1, 0.15) is 38.2 Å². The first kappa shape index (κ1) is 18.3. The van der Waals surface area contributed by atoms with Crippen molar-refractivity contribution in [3.05, 3.63) is 29.8 Å². The number of likely N-dealkylation sites (N-methyl/N-ethyl adjacent to an activating group) is 1. The van der Waals surface area contributed by atoms with Crippen LogP contribution in [-0.2, 0) is 16.0 Å². The van der Waals surface area contributed by atoms with Crippen LogP contribution in [-0.4, -0.2) is 43.4 Å². The molecule has 1 aromatic carbocycles. The summed E-state index contributed by atoms with van der Waals surface area (Å²) in [5.74, 6) is 0.611. The third-order valence-electron chi connectivity index (χ3n) is 4.76. The zero-order valence-electron chi connectivity index (χ0n) is 15.0. The Kier molecular flexibility index (Phi) is 6.64. The Bertz CT molecular complexity index is 571. The number of anilines is 1. The van der Waals surface area contributed by atoms with Crippen molar-refractivity contribution in [2.75, 3.05) is 26.0 Å². The van der Waals surface area contributed by atoms with Gasteiger partial charge in [0.2, 0.25) is 11.8 Å². The number of hydrogen-bond acceptors (Lipinski definition) is 3. The number of nitrogens with zero attached hydrogens (tertiary/aromatic N) is 1. The molecule has 0 bridgehead atoms. The number of nitrogens with one attached hydrogen (secondary N) is 2. The third-order valence-corrected chi connectivity index (χ3v) is 4.76. The van der Waals surface area contributed by atoms with Gasteiger partial charge in [-0.15, -0.1) is 0 Å². The quantitative estimate of drug-likeness (QED) is 0.841. The molecule has 1 saturated carbocycles. The predicted molar refractivity (Wildman–Crippen MR) is 96.9 cm³/mol. The second-order valence-electron chi connectivity index (χ2n) is 6.91. The smallest absolute Gasteiger partial charge is 0.239 e. The SMILES string of the molecule is C[C@@H]1CCCC[C@@H]1NC(=O)CNc1ccccc1CC(=O)N(C)C. The molecule has 24 heavy (non-hydrogen) atoms. The lowest BCUT2D eigenvalue weighted by atomic mass is 9.86. The number of amides is 2. The minimum absolute atomic E-state index is 0.0162. The van der Waals surface area contributed by atoms with Crippen molar-refractivity contribution in [3.63, 3.8) is 0 Å². The lowest BCUT2D eigenvalue weighted by Gasteiger charge is -2.29.